The molecule has 0 unspecified atom stereocenters. The van der Waals surface area contributed by atoms with Crippen LogP contribution in [0.5, 0.6) is 11.5 Å². The molecular weight excluding hydrogens is 416 g/mol. The summed E-state index contributed by atoms with van der Waals surface area (Å²) in [4.78, 5) is 31.3. The summed E-state index contributed by atoms with van der Waals surface area (Å²) in [6.07, 6.45) is 0. The molecule has 0 saturated heterocycles. The van der Waals surface area contributed by atoms with Gasteiger partial charge < -0.3 is 14.8 Å². The van der Waals surface area contributed by atoms with Crippen molar-refractivity contribution in [3.05, 3.63) is 52.5 Å². The van der Waals surface area contributed by atoms with E-state index in [1.54, 1.807) is 41.3 Å². The molecule has 3 aromatic heterocycles. The molecule has 1 aliphatic heterocycles. The molecule has 0 atom stereocenters. The molecule has 0 spiro atoms. The number of carbonyl (C=O) groups is 2. The molecule has 0 bridgehead atoms. The first-order valence-corrected chi connectivity index (χ1v) is 10.4. The fourth-order valence-electron chi connectivity index (χ4n) is 3.70. The van der Waals surface area contributed by atoms with Crippen LogP contribution in [0.25, 0.3) is 21.6 Å². The van der Waals surface area contributed by atoms with Crippen molar-refractivity contribution in [2.45, 2.75) is 13.8 Å². The second-order valence-electron chi connectivity index (χ2n) is 7.20. The summed E-state index contributed by atoms with van der Waals surface area (Å²) in [5.74, 6) is 0.419. The van der Waals surface area contributed by atoms with Crippen molar-refractivity contribution in [3.8, 4) is 22.1 Å². The summed E-state index contributed by atoms with van der Waals surface area (Å²) in [7, 11) is 1.80. The van der Waals surface area contributed by atoms with Crippen LogP contribution in [-0.2, 0) is 7.05 Å². The minimum Gasteiger partial charge on any atom is -0.454 e. The quantitative estimate of drug-likeness (QED) is 0.484. The van der Waals surface area contributed by atoms with E-state index in [4.69, 9.17) is 14.5 Å². The minimum atomic E-state index is -0.359. The van der Waals surface area contributed by atoms with Crippen LogP contribution in [0.2, 0.25) is 0 Å². The standard InChI is InChI=1S/C22H18N4O4S/c1-11-20-14(7-16(19-5-4-6-31-19)23-21(20)26(3)25-11)22(28)24-15-9-18-17(29-10-30-18)8-13(15)12(2)27/h4-9H,10H2,1-3H3,(H,24,28). The zero-order valence-electron chi connectivity index (χ0n) is 17.1. The molecule has 0 aliphatic carbocycles. The molecule has 1 N–H and O–H groups in total. The fraction of sp³-hybridized carbons (Fsp3) is 0.182. The molecule has 31 heavy (non-hydrogen) atoms. The summed E-state index contributed by atoms with van der Waals surface area (Å²) >= 11 is 1.54. The number of fused-ring (bicyclic) bond motifs is 2. The number of rotatable bonds is 4. The second-order valence-corrected chi connectivity index (χ2v) is 8.15. The second kappa shape index (κ2) is 7.21. The SMILES string of the molecule is CC(=O)c1cc2c(cc1NC(=O)c1cc(-c3cccs3)nc3c1c(C)nn3C)OCO2. The highest BCUT2D eigenvalue weighted by atomic mass is 32.1. The monoisotopic (exact) mass is 434 g/mol. The van der Waals surface area contributed by atoms with Crippen molar-refractivity contribution >= 4 is 39.7 Å². The molecule has 1 aromatic carbocycles. The van der Waals surface area contributed by atoms with E-state index in [0.717, 1.165) is 4.88 Å². The average Bonchev–Trinajstić information content (AvgIpc) is 3.48. The predicted molar refractivity (Wildman–Crippen MR) is 117 cm³/mol. The molecule has 5 rings (SSSR count). The van der Waals surface area contributed by atoms with Gasteiger partial charge in [-0.2, -0.15) is 5.10 Å². The van der Waals surface area contributed by atoms with E-state index in [9.17, 15) is 9.59 Å². The largest absolute Gasteiger partial charge is 0.454 e. The van der Waals surface area contributed by atoms with Crippen LogP contribution in [-0.4, -0.2) is 33.2 Å². The molecule has 0 saturated carbocycles. The number of Topliss-reactive ketones (excluding diaryl/α,β-unsaturated/α-hetero) is 1. The van der Waals surface area contributed by atoms with Crippen molar-refractivity contribution in [2.75, 3.05) is 12.1 Å². The number of nitrogens with zero attached hydrogens (tertiary/aromatic N) is 3. The number of hydrogen-bond acceptors (Lipinski definition) is 7. The molecule has 8 nitrogen and oxygen atoms in total. The van der Waals surface area contributed by atoms with E-state index in [2.05, 4.69) is 10.4 Å². The van der Waals surface area contributed by atoms with Crippen LogP contribution in [0.15, 0.2) is 35.7 Å². The summed E-state index contributed by atoms with van der Waals surface area (Å²) in [6, 6.07) is 8.86. The first-order chi connectivity index (χ1) is 14.9. The molecule has 1 aliphatic rings. The molecule has 4 aromatic rings. The van der Waals surface area contributed by atoms with Crippen molar-refractivity contribution < 1.29 is 19.1 Å². The summed E-state index contributed by atoms with van der Waals surface area (Å²) in [5, 5.41) is 9.96. The van der Waals surface area contributed by atoms with Crippen molar-refractivity contribution in [2.24, 2.45) is 7.05 Å². The Morgan fingerprint density at radius 2 is 1.94 bits per heavy atom. The maximum absolute atomic E-state index is 13.4. The predicted octanol–water partition coefficient (Wildman–Crippen LogP) is 4.19. The molecule has 1 amide bonds. The third-order valence-electron chi connectivity index (χ3n) is 5.13. The number of aryl methyl sites for hydroxylation is 2. The number of ketones is 1. The third kappa shape index (κ3) is 3.23. The third-order valence-corrected chi connectivity index (χ3v) is 6.02. The lowest BCUT2D eigenvalue weighted by molar-refractivity contribution is 0.101. The van der Waals surface area contributed by atoms with Gasteiger partial charge in [-0.25, -0.2) is 4.98 Å². The van der Waals surface area contributed by atoms with Gasteiger partial charge in [0.2, 0.25) is 6.79 Å². The number of pyridine rings is 1. The lowest BCUT2D eigenvalue weighted by atomic mass is 10.1. The summed E-state index contributed by atoms with van der Waals surface area (Å²) < 4.78 is 12.4. The van der Waals surface area contributed by atoms with Crippen molar-refractivity contribution in [1.82, 2.24) is 14.8 Å². The Balaban J connectivity index is 1.63. The average molecular weight is 434 g/mol. The Labute approximate surface area is 181 Å². The maximum atomic E-state index is 13.4. The number of nitrogens with one attached hydrogen (secondary N) is 1. The molecule has 0 fully saturated rings. The van der Waals surface area contributed by atoms with Gasteiger partial charge in [0.1, 0.15) is 0 Å². The van der Waals surface area contributed by atoms with Crippen molar-refractivity contribution in [3.63, 3.8) is 0 Å². The summed E-state index contributed by atoms with van der Waals surface area (Å²) in [6.45, 7) is 3.36. The van der Waals surface area contributed by atoms with Crippen LogP contribution in [0, 0.1) is 6.92 Å². The Hall–Kier alpha value is -3.72. The van der Waals surface area contributed by atoms with Gasteiger partial charge in [-0.1, -0.05) is 6.07 Å². The summed E-state index contributed by atoms with van der Waals surface area (Å²) in [5.41, 5.74) is 3.16. The fourth-order valence-corrected chi connectivity index (χ4v) is 4.39. The Kier molecular flexibility index (Phi) is 4.48. The maximum Gasteiger partial charge on any atom is 0.256 e. The molecule has 9 heteroatoms. The van der Waals surface area contributed by atoms with Gasteiger partial charge in [-0.05, 0) is 37.4 Å². The van der Waals surface area contributed by atoms with Crippen LogP contribution in [0.3, 0.4) is 0 Å². The number of benzene rings is 1. The molecule has 0 radical (unpaired) electrons. The Bertz CT molecular complexity index is 1360. The van der Waals surface area contributed by atoms with E-state index in [1.807, 2.05) is 24.4 Å². The number of ether oxygens (including phenoxy) is 2. The van der Waals surface area contributed by atoms with Gasteiger partial charge in [0.25, 0.3) is 5.91 Å². The van der Waals surface area contributed by atoms with Crippen LogP contribution in [0.4, 0.5) is 5.69 Å². The van der Waals surface area contributed by atoms with Crippen LogP contribution >= 0.6 is 11.3 Å². The zero-order chi connectivity index (χ0) is 21.7. The number of hydrogen-bond donors (Lipinski definition) is 1. The van der Waals surface area contributed by atoms with Gasteiger partial charge in [-0.3, -0.25) is 14.3 Å². The zero-order valence-corrected chi connectivity index (χ0v) is 17.9. The molecular formula is C22H18N4O4S. The number of anilines is 1. The van der Waals surface area contributed by atoms with Crippen LogP contribution < -0.4 is 14.8 Å². The van der Waals surface area contributed by atoms with Gasteiger partial charge in [-0.15, -0.1) is 11.3 Å². The van der Waals surface area contributed by atoms with Crippen molar-refractivity contribution in [1.29, 1.82) is 0 Å². The highest BCUT2D eigenvalue weighted by molar-refractivity contribution is 7.13. The van der Waals surface area contributed by atoms with E-state index >= 15 is 0 Å². The Morgan fingerprint density at radius 1 is 1.16 bits per heavy atom. The molecule has 156 valence electrons. The first kappa shape index (κ1) is 19.3. The number of aromatic nitrogens is 3. The highest BCUT2D eigenvalue weighted by Gasteiger charge is 2.23. The van der Waals surface area contributed by atoms with E-state index in [1.165, 1.54) is 6.92 Å². The van der Waals surface area contributed by atoms with Gasteiger partial charge in [0.15, 0.2) is 22.9 Å². The van der Waals surface area contributed by atoms with Gasteiger partial charge in [0, 0.05) is 18.7 Å². The first-order valence-electron chi connectivity index (χ1n) is 9.56. The number of thiophene rings is 1. The lowest BCUT2D eigenvalue weighted by Crippen LogP contribution is -2.15. The molecule has 4 heterocycles. The van der Waals surface area contributed by atoms with Crippen LogP contribution in [0.1, 0.15) is 33.3 Å². The minimum absolute atomic E-state index is 0.0775. The van der Waals surface area contributed by atoms with Gasteiger partial charge >= 0.3 is 0 Å². The topological polar surface area (TPSA) is 95.3 Å². The van der Waals surface area contributed by atoms with E-state index < -0.39 is 0 Å². The van der Waals surface area contributed by atoms with Gasteiger partial charge in [0.05, 0.1) is 32.9 Å². The Morgan fingerprint density at radius 3 is 2.65 bits per heavy atom. The highest BCUT2D eigenvalue weighted by Crippen LogP contribution is 2.38. The number of amides is 1. The van der Waals surface area contributed by atoms with E-state index in [-0.39, 0.29) is 18.5 Å². The number of carbonyl (C=O) groups excluding carboxylic acids is 2. The smallest absolute Gasteiger partial charge is 0.256 e. The normalized spacial score (nSPS) is 12.4. The van der Waals surface area contributed by atoms with E-state index in [0.29, 0.717) is 50.7 Å². The lowest BCUT2D eigenvalue weighted by Gasteiger charge is -2.12.